The van der Waals surface area contributed by atoms with Crippen LogP contribution in [0.4, 0.5) is 0 Å². The number of hydrogen-bond donors (Lipinski definition) is 0. The van der Waals surface area contributed by atoms with E-state index < -0.39 is 0 Å². The number of nitrogens with zero attached hydrogens (tertiary/aromatic N) is 1. The van der Waals surface area contributed by atoms with E-state index in [1.54, 1.807) is 0 Å². The molecule has 27 heavy (non-hydrogen) atoms. The van der Waals surface area contributed by atoms with Gasteiger partial charge in [-0.2, -0.15) is 0 Å². The largest absolute Gasteiger partial charge is 0.403 e. The van der Waals surface area contributed by atoms with Crippen LogP contribution in [0.25, 0.3) is 43.6 Å². The highest BCUT2D eigenvalue weighted by Crippen LogP contribution is 2.33. The van der Waals surface area contributed by atoms with Crippen molar-refractivity contribution in [3.8, 4) is 22.6 Å². The van der Waals surface area contributed by atoms with Crippen molar-refractivity contribution in [2.75, 3.05) is 0 Å². The molecule has 0 unspecified atom stereocenters. The van der Waals surface area contributed by atoms with Crippen LogP contribution in [0.2, 0.25) is 0 Å². The zero-order valence-corrected chi connectivity index (χ0v) is 15.4. The van der Waals surface area contributed by atoms with Crippen LogP contribution >= 0.6 is 11.3 Å². The van der Waals surface area contributed by atoms with Gasteiger partial charge in [-0.05, 0) is 29.3 Å². The van der Waals surface area contributed by atoms with Gasteiger partial charge >= 0.3 is 5.63 Å². The van der Waals surface area contributed by atoms with Crippen LogP contribution < -0.4 is 5.63 Å². The van der Waals surface area contributed by atoms with Crippen LogP contribution in [-0.4, -0.2) is 4.98 Å². The Bertz CT molecular complexity index is 1340. The maximum absolute atomic E-state index is 12.8. The molecule has 3 nitrogen and oxygen atoms in total. The Morgan fingerprint density at radius 1 is 0.889 bits per heavy atom. The summed E-state index contributed by atoms with van der Waals surface area (Å²) in [7, 11) is 0. The molecule has 0 aliphatic heterocycles. The molecular weight excluding hydrogens is 354 g/mol. The summed E-state index contributed by atoms with van der Waals surface area (Å²) in [6.07, 6.45) is 0. The molecule has 0 atom stereocenters. The second kappa shape index (κ2) is 6.18. The molecule has 2 heterocycles. The fourth-order valence-corrected chi connectivity index (χ4v) is 4.28. The summed E-state index contributed by atoms with van der Waals surface area (Å²) in [6.45, 7) is 2.04. The van der Waals surface area contributed by atoms with Gasteiger partial charge in [0.1, 0.15) is 10.2 Å². The first kappa shape index (κ1) is 16.0. The number of fused-ring (bicyclic) bond motifs is 2. The summed E-state index contributed by atoms with van der Waals surface area (Å²) in [5, 5.41) is 4.63. The number of hydrogen-bond acceptors (Lipinski definition) is 4. The Labute approximate surface area is 159 Å². The van der Waals surface area contributed by atoms with E-state index in [1.165, 1.54) is 16.9 Å². The van der Waals surface area contributed by atoms with E-state index in [-0.39, 0.29) is 5.63 Å². The van der Waals surface area contributed by atoms with E-state index in [2.05, 4.69) is 4.98 Å². The minimum atomic E-state index is -0.347. The van der Waals surface area contributed by atoms with Gasteiger partial charge in [0.05, 0.1) is 0 Å². The highest BCUT2D eigenvalue weighted by molar-refractivity contribution is 7.17. The molecule has 2 aromatic heterocycles. The molecule has 5 aromatic rings. The van der Waals surface area contributed by atoms with Crippen molar-refractivity contribution in [2.24, 2.45) is 0 Å². The van der Waals surface area contributed by atoms with E-state index in [9.17, 15) is 4.79 Å². The van der Waals surface area contributed by atoms with Gasteiger partial charge in [0.2, 0.25) is 5.89 Å². The van der Waals surface area contributed by atoms with Crippen molar-refractivity contribution in [2.45, 2.75) is 6.92 Å². The summed E-state index contributed by atoms with van der Waals surface area (Å²) in [4.78, 5) is 18.2. The molecule has 0 radical (unpaired) electrons. The number of rotatable bonds is 2. The lowest BCUT2D eigenvalue weighted by atomic mass is 10.0. The van der Waals surface area contributed by atoms with Gasteiger partial charge in [-0.25, -0.2) is 9.78 Å². The second-order valence-corrected chi connectivity index (χ2v) is 7.39. The first-order chi connectivity index (χ1) is 13.2. The van der Waals surface area contributed by atoms with Crippen LogP contribution in [0.15, 0.2) is 81.3 Å². The molecule has 0 fully saturated rings. The third-order valence-electron chi connectivity index (χ3n) is 4.75. The van der Waals surface area contributed by atoms with Crippen LogP contribution in [0, 0.1) is 6.92 Å². The van der Waals surface area contributed by atoms with Gasteiger partial charge in [0, 0.05) is 16.5 Å². The SMILES string of the molecule is Cc1ccc(-c2csc3nc(-c4cccc5ccccc45)oc(=O)c23)cc1. The fourth-order valence-electron chi connectivity index (χ4n) is 3.35. The first-order valence-corrected chi connectivity index (χ1v) is 9.56. The molecular formula is C23H15NO2S. The predicted octanol–water partition coefficient (Wildman–Crippen LogP) is 6.05. The molecule has 0 amide bonds. The van der Waals surface area contributed by atoms with Crippen LogP contribution in [-0.2, 0) is 0 Å². The van der Waals surface area contributed by atoms with Gasteiger partial charge in [-0.3, -0.25) is 0 Å². The van der Waals surface area contributed by atoms with E-state index in [1.807, 2.05) is 79.0 Å². The van der Waals surface area contributed by atoms with Crippen molar-refractivity contribution in [3.63, 3.8) is 0 Å². The van der Waals surface area contributed by atoms with Crippen LogP contribution in [0.1, 0.15) is 5.56 Å². The molecule has 4 heteroatoms. The van der Waals surface area contributed by atoms with Crippen LogP contribution in [0.5, 0.6) is 0 Å². The average Bonchev–Trinajstić information content (AvgIpc) is 3.13. The Kier molecular flexibility index (Phi) is 3.66. The topological polar surface area (TPSA) is 43.1 Å². The first-order valence-electron chi connectivity index (χ1n) is 8.68. The van der Waals surface area contributed by atoms with Gasteiger partial charge < -0.3 is 4.42 Å². The molecule has 0 spiro atoms. The Morgan fingerprint density at radius 3 is 2.52 bits per heavy atom. The molecule has 0 aliphatic rings. The Balaban J connectivity index is 1.73. The van der Waals surface area contributed by atoms with Crippen LogP contribution in [0.3, 0.4) is 0 Å². The third kappa shape index (κ3) is 2.66. The highest BCUT2D eigenvalue weighted by Gasteiger charge is 2.16. The summed E-state index contributed by atoms with van der Waals surface area (Å²) in [5.74, 6) is 0.363. The maximum Gasteiger partial charge on any atom is 0.348 e. The lowest BCUT2D eigenvalue weighted by Crippen LogP contribution is -2.02. The summed E-state index contributed by atoms with van der Waals surface area (Å²) in [6, 6.07) is 22.1. The lowest BCUT2D eigenvalue weighted by Gasteiger charge is -2.05. The zero-order valence-electron chi connectivity index (χ0n) is 14.6. The monoisotopic (exact) mass is 369 g/mol. The van der Waals surface area contributed by atoms with Crippen molar-refractivity contribution in [1.29, 1.82) is 0 Å². The molecule has 0 saturated carbocycles. The maximum atomic E-state index is 12.8. The number of aryl methyl sites for hydroxylation is 1. The van der Waals surface area contributed by atoms with E-state index in [0.717, 1.165) is 27.5 Å². The van der Waals surface area contributed by atoms with Crippen molar-refractivity contribution in [1.82, 2.24) is 4.98 Å². The highest BCUT2D eigenvalue weighted by atomic mass is 32.1. The molecule has 0 bridgehead atoms. The molecule has 5 rings (SSSR count). The molecule has 0 saturated heterocycles. The van der Waals surface area contributed by atoms with Crippen molar-refractivity contribution >= 4 is 32.3 Å². The smallest absolute Gasteiger partial charge is 0.348 e. The summed E-state index contributed by atoms with van der Waals surface area (Å²) < 4.78 is 5.67. The minimum Gasteiger partial charge on any atom is -0.403 e. The number of thiophene rings is 1. The Morgan fingerprint density at radius 2 is 1.67 bits per heavy atom. The van der Waals surface area contributed by atoms with Gasteiger partial charge in [0.25, 0.3) is 0 Å². The standard InChI is InChI=1S/C23H15NO2S/c1-14-9-11-16(12-10-14)19-13-27-22-20(19)23(25)26-21(24-22)18-8-4-6-15-5-2-3-7-17(15)18/h2-13H,1H3. The normalized spacial score (nSPS) is 11.3. The van der Waals surface area contributed by atoms with E-state index >= 15 is 0 Å². The average molecular weight is 369 g/mol. The molecule has 3 aromatic carbocycles. The van der Waals surface area contributed by atoms with Crippen molar-refractivity contribution in [3.05, 3.63) is 88.1 Å². The number of aromatic nitrogens is 1. The third-order valence-corrected chi connectivity index (χ3v) is 5.62. The van der Waals surface area contributed by atoms with Gasteiger partial charge in [-0.1, -0.05) is 66.2 Å². The Hall–Kier alpha value is -3.24. The number of benzene rings is 3. The van der Waals surface area contributed by atoms with Gasteiger partial charge in [0.15, 0.2) is 0 Å². The lowest BCUT2D eigenvalue weighted by molar-refractivity contribution is 0.519. The molecule has 0 aliphatic carbocycles. The quantitative estimate of drug-likeness (QED) is 0.381. The fraction of sp³-hybridized carbons (Fsp3) is 0.0435. The zero-order chi connectivity index (χ0) is 18.4. The summed E-state index contributed by atoms with van der Waals surface area (Å²) >= 11 is 1.47. The molecule has 130 valence electrons. The summed E-state index contributed by atoms with van der Waals surface area (Å²) in [5.41, 5.74) is 3.54. The van der Waals surface area contributed by atoms with E-state index in [4.69, 9.17) is 4.42 Å². The second-order valence-electron chi connectivity index (χ2n) is 6.53. The predicted molar refractivity (Wildman–Crippen MR) is 111 cm³/mol. The van der Waals surface area contributed by atoms with Gasteiger partial charge in [-0.15, -0.1) is 11.3 Å². The minimum absolute atomic E-state index is 0.347. The molecule has 0 N–H and O–H groups in total. The van der Waals surface area contributed by atoms with Crippen molar-refractivity contribution < 1.29 is 4.42 Å². The van der Waals surface area contributed by atoms with E-state index in [0.29, 0.717) is 16.1 Å².